The van der Waals surface area contributed by atoms with Crippen LogP contribution in [0.15, 0.2) is 6.07 Å². The van der Waals surface area contributed by atoms with Crippen LogP contribution in [0.3, 0.4) is 0 Å². The molecule has 0 amide bonds. The Morgan fingerprint density at radius 2 is 2.31 bits per heavy atom. The predicted octanol–water partition coefficient (Wildman–Crippen LogP) is 1.81. The van der Waals surface area contributed by atoms with Gasteiger partial charge in [-0.05, 0) is 19.5 Å². The summed E-state index contributed by atoms with van der Waals surface area (Å²) in [4.78, 5) is 9.18. The maximum absolute atomic E-state index is 5.57. The van der Waals surface area contributed by atoms with E-state index in [1.165, 1.54) is 11.5 Å². The quantitative estimate of drug-likeness (QED) is 0.892. The molecular weight excluding hydrogens is 238 g/mol. The molecule has 5 heteroatoms. The molecule has 1 saturated heterocycles. The standard InChI is InChI=1S/C11H17N3S2/c1-8-6-9(2-3-12)14-11(13-8)10-7-15-4-5-16-10/h6,10H,2-5,7,12H2,1H3. The van der Waals surface area contributed by atoms with Gasteiger partial charge in [-0.25, -0.2) is 9.97 Å². The first-order valence-corrected chi connectivity index (χ1v) is 7.74. The fourth-order valence-electron chi connectivity index (χ4n) is 1.72. The minimum Gasteiger partial charge on any atom is -0.330 e. The second kappa shape index (κ2) is 5.89. The van der Waals surface area contributed by atoms with Crippen molar-refractivity contribution in [1.29, 1.82) is 0 Å². The number of rotatable bonds is 3. The van der Waals surface area contributed by atoms with Gasteiger partial charge in [0, 0.05) is 35.1 Å². The molecule has 3 nitrogen and oxygen atoms in total. The predicted molar refractivity (Wildman–Crippen MR) is 72.1 cm³/mol. The van der Waals surface area contributed by atoms with E-state index in [1.807, 2.05) is 36.5 Å². The average molecular weight is 255 g/mol. The van der Waals surface area contributed by atoms with E-state index in [4.69, 9.17) is 5.73 Å². The smallest absolute Gasteiger partial charge is 0.142 e. The molecule has 1 aliphatic rings. The number of nitrogens with zero attached hydrogens (tertiary/aromatic N) is 2. The molecule has 2 rings (SSSR count). The van der Waals surface area contributed by atoms with E-state index in [9.17, 15) is 0 Å². The summed E-state index contributed by atoms with van der Waals surface area (Å²) in [6.45, 7) is 2.69. The normalized spacial score (nSPS) is 21.0. The Labute approximate surface area is 105 Å². The molecule has 88 valence electrons. The van der Waals surface area contributed by atoms with E-state index in [2.05, 4.69) is 9.97 Å². The van der Waals surface area contributed by atoms with Gasteiger partial charge in [0.05, 0.1) is 5.25 Å². The Morgan fingerprint density at radius 1 is 1.44 bits per heavy atom. The van der Waals surface area contributed by atoms with Crippen LogP contribution in [-0.2, 0) is 6.42 Å². The van der Waals surface area contributed by atoms with Gasteiger partial charge in [-0.2, -0.15) is 11.8 Å². The van der Waals surface area contributed by atoms with Crippen molar-refractivity contribution in [3.63, 3.8) is 0 Å². The third-order valence-electron chi connectivity index (χ3n) is 2.43. The van der Waals surface area contributed by atoms with Gasteiger partial charge in [-0.3, -0.25) is 0 Å². The molecular formula is C11H17N3S2. The molecule has 1 aliphatic heterocycles. The fourth-order valence-corrected chi connectivity index (χ4v) is 4.31. The van der Waals surface area contributed by atoms with Crippen LogP contribution in [0.2, 0.25) is 0 Å². The Hall–Kier alpha value is -0.260. The maximum atomic E-state index is 5.57. The lowest BCUT2D eigenvalue weighted by atomic mass is 10.2. The van der Waals surface area contributed by atoms with Crippen LogP contribution in [0.25, 0.3) is 0 Å². The lowest BCUT2D eigenvalue weighted by molar-refractivity contribution is 0.836. The van der Waals surface area contributed by atoms with Gasteiger partial charge in [-0.15, -0.1) is 11.8 Å². The van der Waals surface area contributed by atoms with Crippen molar-refractivity contribution in [2.24, 2.45) is 5.73 Å². The molecule has 0 bridgehead atoms. The van der Waals surface area contributed by atoms with Crippen molar-refractivity contribution in [3.8, 4) is 0 Å². The number of aryl methyl sites for hydroxylation is 1. The molecule has 1 unspecified atom stereocenters. The van der Waals surface area contributed by atoms with Crippen molar-refractivity contribution in [1.82, 2.24) is 9.97 Å². The summed E-state index contributed by atoms with van der Waals surface area (Å²) < 4.78 is 0. The number of hydrogen-bond acceptors (Lipinski definition) is 5. The summed E-state index contributed by atoms with van der Waals surface area (Å²) in [5.41, 5.74) is 7.71. The number of thioether (sulfide) groups is 2. The highest BCUT2D eigenvalue weighted by molar-refractivity contribution is 8.06. The number of aromatic nitrogens is 2. The van der Waals surface area contributed by atoms with Crippen molar-refractivity contribution in [2.45, 2.75) is 18.6 Å². The first kappa shape index (κ1) is 12.2. The first-order chi connectivity index (χ1) is 7.79. The van der Waals surface area contributed by atoms with E-state index in [-0.39, 0.29) is 0 Å². The highest BCUT2D eigenvalue weighted by atomic mass is 32.2. The molecule has 2 heterocycles. The van der Waals surface area contributed by atoms with Crippen LogP contribution in [-0.4, -0.2) is 33.8 Å². The van der Waals surface area contributed by atoms with Gasteiger partial charge < -0.3 is 5.73 Å². The molecule has 0 spiro atoms. The topological polar surface area (TPSA) is 51.8 Å². The molecule has 1 aromatic rings. The second-order valence-corrected chi connectivity index (χ2v) is 6.29. The lowest BCUT2D eigenvalue weighted by Gasteiger charge is -2.20. The van der Waals surface area contributed by atoms with Crippen LogP contribution < -0.4 is 5.73 Å². The molecule has 0 aliphatic carbocycles. The van der Waals surface area contributed by atoms with Gasteiger partial charge in [0.25, 0.3) is 0 Å². The summed E-state index contributed by atoms with van der Waals surface area (Å²) in [7, 11) is 0. The Balaban J connectivity index is 2.18. The number of hydrogen-bond donors (Lipinski definition) is 1. The van der Waals surface area contributed by atoms with Crippen molar-refractivity contribution >= 4 is 23.5 Å². The van der Waals surface area contributed by atoms with Crippen molar-refractivity contribution < 1.29 is 0 Å². The second-order valence-electron chi connectivity index (χ2n) is 3.83. The Morgan fingerprint density at radius 3 is 3.00 bits per heavy atom. The van der Waals surface area contributed by atoms with Gasteiger partial charge >= 0.3 is 0 Å². The SMILES string of the molecule is Cc1cc(CCN)nc(C2CSCCS2)n1. The summed E-state index contributed by atoms with van der Waals surface area (Å²) >= 11 is 3.97. The molecule has 2 N–H and O–H groups in total. The van der Waals surface area contributed by atoms with E-state index in [0.29, 0.717) is 11.8 Å². The molecule has 1 fully saturated rings. The lowest BCUT2D eigenvalue weighted by Crippen LogP contribution is -2.13. The zero-order chi connectivity index (χ0) is 11.4. The minimum absolute atomic E-state index is 0.468. The van der Waals surface area contributed by atoms with Crippen LogP contribution in [0, 0.1) is 6.92 Å². The monoisotopic (exact) mass is 255 g/mol. The fraction of sp³-hybridized carbons (Fsp3) is 0.636. The molecule has 0 aromatic carbocycles. The maximum Gasteiger partial charge on any atom is 0.142 e. The first-order valence-electron chi connectivity index (χ1n) is 5.53. The average Bonchev–Trinajstić information content (AvgIpc) is 2.30. The Kier molecular flexibility index (Phi) is 4.49. The highest BCUT2D eigenvalue weighted by Gasteiger charge is 2.19. The Bertz CT molecular complexity index is 351. The third-order valence-corrected chi connectivity index (χ3v) is 5.18. The van der Waals surface area contributed by atoms with E-state index < -0.39 is 0 Å². The zero-order valence-electron chi connectivity index (χ0n) is 9.48. The molecule has 0 saturated carbocycles. The van der Waals surface area contributed by atoms with E-state index >= 15 is 0 Å². The minimum atomic E-state index is 0.468. The van der Waals surface area contributed by atoms with E-state index in [0.717, 1.165) is 29.4 Å². The van der Waals surface area contributed by atoms with Crippen LogP contribution >= 0.6 is 23.5 Å². The van der Waals surface area contributed by atoms with E-state index in [1.54, 1.807) is 0 Å². The molecule has 0 radical (unpaired) electrons. The van der Waals surface area contributed by atoms with Crippen molar-refractivity contribution in [3.05, 3.63) is 23.3 Å². The summed E-state index contributed by atoms with van der Waals surface area (Å²) in [5.74, 6) is 4.60. The van der Waals surface area contributed by atoms with Crippen LogP contribution in [0.4, 0.5) is 0 Å². The third kappa shape index (κ3) is 3.12. The summed E-state index contributed by atoms with van der Waals surface area (Å²) in [6.07, 6.45) is 0.848. The zero-order valence-corrected chi connectivity index (χ0v) is 11.1. The van der Waals surface area contributed by atoms with Gasteiger partial charge in [0.2, 0.25) is 0 Å². The van der Waals surface area contributed by atoms with Crippen LogP contribution in [0.5, 0.6) is 0 Å². The van der Waals surface area contributed by atoms with Crippen molar-refractivity contribution in [2.75, 3.05) is 23.8 Å². The van der Waals surface area contributed by atoms with Gasteiger partial charge in [0.15, 0.2) is 0 Å². The van der Waals surface area contributed by atoms with Crippen LogP contribution in [0.1, 0.15) is 22.5 Å². The van der Waals surface area contributed by atoms with Gasteiger partial charge in [0.1, 0.15) is 5.82 Å². The molecule has 16 heavy (non-hydrogen) atoms. The van der Waals surface area contributed by atoms with Gasteiger partial charge in [-0.1, -0.05) is 0 Å². The largest absolute Gasteiger partial charge is 0.330 e. The molecule has 1 aromatic heterocycles. The highest BCUT2D eigenvalue weighted by Crippen LogP contribution is 2.35. The summed E-state index contributed by atoms with van der Waals surface area (Å²) in [6, 6.07) is 2.04. The summed E-state index contributed by atoms with van der Waals surface area (Å²) in [5, 5.41) is 0.468. The molecule has 1 atom stereocenters. The number of nitrogens with two attached hydrogens (primary N) is 1.